The maximum Gasteiger partial charge on any atom is 0.234 e. The molecule has 25 heavy (non-hydrogen) atoms. The summed E-state index contributed by atoms with van der Waals surface area (Å²) in [5.74, 6) is 0.249. The molecular formula is C19H21ClN2O2S. The van der Waals surface area contributed by atoms with Gasteiger partial charge in [-0.25, -0.2) is 0 Å². The second-order valence-electron chi connectivity index (χ2n) is 5.75. The maximum absolute atomic E-state index is 12.0. The number of nitrogens with one attached hydrogen (secondary N) is 2. The minimum Gasteiger partial charge on any atom is -0.349 e. The number of hydrogen-bond acceptors (Lipinski definition) is 3. The number of hydrogen-bond donors (Lipinski definition) is 2. The van der Waals surface area contributed by atoms with E-state index in [-0.39, 0.29) is 29.4 Å². The number of aryl methyl sites for hydroxylation is 1. The van der Waals surface area contributed by atoms with Gasteiger partial charge in [0.1, 0.15) is 0 Å². The highest BCUT2D eigenvalue weighted by atomic mass is 35.5. The topological polar surface area (TPSA) is 58.2 Å². The van der Waals surface area contributed by atoms with Crippen molar-refractivity contribution in [3.63, 3.8) is 0 Å². The van der Waals surface area contributed by atoms with Crippen molar-refractivity contribution < 1.29 is 9.59 Å². The number of halogens is 1. The van der Waals surface area contributed by atoms with E-state index < -0.39 is 0 Å². The second-order valence-corrected chi connectivity index (χ2v) is 7.17. The van der Waals surface area contributed by atoms with Crippen LogP contribution in [0.3, 0.4) is 0 Å². The summed E-state index contributed by atoms with van der Waals surface area (Å²) in [5.41, 5.74) is 2.88. The predicted molar refractivity (Wildman–Crippen MR) is 105 cm³/mol. The second kappa shape index (κ2) is 9.49. The van der Waals surface area contributed by atoms with Crippen molar-refractivity contribution in [2.24, 2.45) is 0 Å². The predicted octanol–water partition coefficient (Wildman–Crippen LogP) is 4.20. The van der Waals surface area contributed by atoms with Crippen molar-refractivity contribution in [2.75, 3.05) is 16.8 Å². The molecule has 2 aromatic rings. The van der Waals surface area contributed by atoms with E-state index in [0.717, 1.165) is 16.8 Å². The summed E-state index contributed by atoms with van der Waals surface area (Å²) < 4.78 is 0. The number of rotatable bonds is 7. The fraction of sp³-hybridized carbons (Fsp3) is 0.263. The van der Waals surface area contributed by atoms with Gasteiger partial charge in [0.2, 0.25) is 11.8 Å². The molecule has 2 N–H and O–H groups in total. The molecule has 0 aliphatic carbocycles. The van der Waals surface area contributed by atoms with Gasteiger partial charge >= 0.3 is 0 Å². The first-order chi connectivity index (χ1) is 11.9. The average Bonchev–Trinajstić information content (AvgIpc) is 2.57. The lowest BCUT2D eigenvalue weighted by Gasteiger charge is -2.14. The fourth-order valence-electron chi connectivity index (χ4n) is 2.19. The lowest BCUT2D eigenvalue weighted by atomic mass is 10.1. The highest BCUT2D eigenvalue weighted by Crippen LogP contribution is 2.16. The zero-order chi connectivity index (χ0) is 18.2. The molecule has 0 bridgehead atoms. The van der Waals surface area contributed by atoms with Crippen molar-refractivity contribution in [1.82, 2.24) is 5.32 Å². The molecule has 132 valence electrons. The van der Waals surface area contributed by atoms with Gasteiger partial charge in [-0.3, -0.25) is 9.59 Å². The largest absolute Gasteiger partial charge is 0.349 e. The maximum atomic E-state index is 12.0. The summed E-state index contributed by atoms with van der Waals surface area (Å²) in [4.78, 5) is 23.9. The summed E-state index contributed by atoms with van der Waals surface area (Å²) in [5, 5.41) is 6.39. The molecule has 0 aliphatic heterocycles. The molecule has 1 unspecified atom stereocenters. The first-order valence-corrected chi connectivity index (χ1v) is 9.46. The van der Waals surface area contributed by atoms with E-state index >= 15 is 0 Å². The number of amides is 2. The number of anilines is 1. The summed E-state index contributed by atoms with van der Waals surface area (Å²) in [6.07, 6.45) is 0. The van der Waals surface area contributed by atoms with Crippen LogP contribution in [0.1, 0.15) is 24.1 Å². The lowest BCUT2D eigenvalue weighted by Crippen LogP contribution is -2.28. The lowest BCUT2D eigenvalue weighted by molar-refractivity contribution is -0.119. The summed E-state index contributed by atoms with van der Waals surface area (Å²) in [7, 11) is 0. The SMILES string of the molecule is Cc1ccc(NC(=O)CSCC(=O)NC(C)c2ccc(Cl)cc2)cc1. The molecule has 0 spiro atoms. The van der Waals surface area contributed by atoms with Crippen LogP contribution >= 0.6 is 23.4 Å². The van der Waals surface area contributed by atoms with Crippen LogP contribution < -0.4 is 10.6 Å². The molecular weight excluding hydrogens is 356 g/mol. The quantitative estimate of drug-likeness (QED) is 0.761. The summed E-state index contributed by atoms with van der Waals surface area (Å²) in [6, 6.07) is 14.9. The standard InChI is InChI=1S/C19H21ClN2O2S/c1-13-3-9-17(10-4-13)22-19(24)12-25-11-18(23)21-14(2)15-5-7-16(20)8-6-15/h3-10,14H,11-12H2,1-2H3,(H,21,23)(H,22,24). The van der Waals surface area contributed by atoms with Crippen LogP contribution in [0.15, 0.2) is 48.5 Å². The Hall–Kier alpha value is -1.98. The molecule has 0 saturated carbocycles. The Balaban J connectivity index is 1.70. The van der Waals surface area contributed by atoms with Gasteiger partial charge in [0.05, 0.1) is 17.5 Å². The van der Waals surface area contributed by atoms with Gasteiger partial charge in [0.15, 0.2) is 0 Å². The van der Waals surface area contributed by atoms with Gasteiger partial charge < -0.3 is 10.6 Å². The van der Waals surface area contributed by atoms with E-state index in [1.54, 1.807) is 12.1 Å². The van der Waals surface area contributed by atoms with E-state index in [4.69, 9.17) is 11.6 Å². The first-order valence-electron chi connectivity index (χ1n) is 7.93. The van der Waals surface area contributed by atoms with Gasteiger partial charge in [-0.2, -0.15) is 0 Å². The molecule has 6 heteroatoms. The summed E-state index contributed by atoms with van der Waals surface area (Å²) in [6.45, 7) is 3.90. The minimum atomic E-state index is -0.118. The fourth-order valence-corrected chi connectivity index (χ4v) is 2.94. The first kappa shape index (κ1) is 19.3. The Kier molecular flexibility index (Phi) is 7.34. The Bertz CT molecular complexity index is 717. The third-order valence-electron chi connectivity index (χ3n) is 3.55. The van der Waals surface area contributed by atoms with Crippen molar-refractivity contribution in [1.29, 1.82) is 0 Å². The van der Waals surface area contributed by atoms with Crippen LogP contribution in [0.4, 0.5) is 5.69 Å². The van der Waals surface area contributed by atoms with Crippen molar-refractivity contribution in [3.05, 3.63) is 64.7 Å². The van der Waals surface area contributed by atoms with Crippen molar-refractivity contribution in [3.8, 4) is 0 Å². The third-order valence-corrected chi connectivity index (χ3v) is 4.73. The monoisotopic (exact) mass is 376 g/mol. The van der Waals surface area contributed by atoms with Gasteiger partial charge in [-0.1, -0.05) is 41.4 Å². The number of carbonyl (C=O) groups is 2. The van der Waals surface area contributed by atoms with Crippen molar-refractivity contribution in [2.45, 2.75) is 19.9 Å². The Morgan fingerprint density at radius 1 is 1.00 bits per heavy atom. The van der Waals surface area contributed by atoms with Crippen LogP contribution in [0.25, 0.3) is 0 Å². The van der Waals surface area contributed by atoms with Crippen molar-refractivity contribution >= 4 is 40.9 Å². The van der Waals surface area contributed by atoms with Crippen LogP contribution in [0, 0.1) is 6.92 Å². The molecule has 2 amide bonds. The number of carbonyl (C=O) groups excluding carboxylic acids is 2. The highest BCUT2D eigenvalue weighted by molar-refractivity contribution is 8.00. The molecule has 1 atom stereocenters. The average molecular weight is 377 g/mol. The Morgan fingerprint density at radius 2 is 1.60 bits per heavy atom. The molecule has 2 rings (SSSR count). The van der Waals surface area contributed by atoms with Gasteiger partial charge in [0.25, 0.3) is 0 Å². The van der Waals surface area contributed by atoms with Crippen LogP contribution in [0.2, 0.25) is 5.02 Å². The van der Waals surface area contributed by atoms with Gasteiger partial charge in [-0.15, -0.1) is 11.8 Å². The minimum absolute atomic E-state index is 0.101. The van der Waals surface area contributed by atoms with Crippen LogP contribution in [-0.2, 0) is 9.59 Å². The smallest absolute Gasteiger partial charge is 0.234 e. The molecule has 0 heterocycles. The Labute approximate surface area is 157 Å². The molecule has 4 nitrogen and oxygen atoms in total. The summed E-state index contributed by atoms with van der Waals surface area (Å²) >= 11 is 7.14. The van der Waals surface area contributed by atoms with Gasteiger partial charge in [-0.05, 0) is 43.7 Å². The van der Waals surface area contributed by atoms with E-state index in [9.17, 15) is 9.59 Å². The zero-order valence-electron chi connectivity index (χ0n) is 14.2. The number of benzene rings is 2. The highest BCUT2D eigenvalue weighted by Gasteiger charge is 2.10. The molecule has 0 aliphatic rings. The molecule has 0 radical (unpaired) electrons. The van der Waals surface area contributed by atoms with Gasteiger partial charge in [0, 0.05) is 10.7 Å². The van der Waals surface area contributed by atoms with Crippen LogP contribution in [0.5, 0.6) is 0 Å². The molecule has 0 saturated heterocycles. The molecule has 2 aromatic carbocycles. The Morgan fingerprint density at radius 3 is 2.24 bits per heavy atom. The third kappa shape index (κ3) is 6.80. The molecule has 0 aromatic heterocycles. The van der Waals surface area contributed by atoms with E-state index in [1.165, 1.54) is 11.8 Å². The van der Waals surface area contributed by atoms with Crippen LogP contribution in [-0.4, -0.2) is 23.3 Å². The van der Waals surface area contributed by atoms with E-state index in [0.29, 0.717) is 5.02 Å². The normalized spacial score (nSPS) is 11.6. The number of thioether (sulfide) groups is 1. The molecule has 0 fully saturated rings. The van der Waals surface area contributed by atoms with E-state index in [1.807, 2.05) is 50.2 Å². The zero-order valence-corrected chi connectivity index (χ0v) is 15.8. The van der Waals surface area contributed by atoms with E-state index in [2.05, 4.69) is 10.6 Å².